The second kappa shape index (κ2) is 9.48. The number of aryl methyl sites for hydroxylation is 1. The molecule has 0 radical (unpaired) electrons. The highest BCUT2D eigenvalue weighted by Crippen LogP contribution is 2.45. The van der Waals surface area contributed by atoms with Crippen LogP contribution in [0.3, 0.4) is 0 Å². The maximum atomic E-state index is 12.8. The summed E-state index contributed by atoms with van der Waals surface area (Å²) in [6.45, 7) is 6.09. The van der Waals surface area contributed by atoms with Crippen LogP contribution in [0.25, 0.3) is 0 Å². The van der Waals surface area contributed by atoms with Gasteiger partial charge in [-0.1, -0.05) is 6.07 Å². The molecule has 1 spiro atoms. The topological polar surface area (TPSA) is 97.0 Å². The van der Waals surface area contributed by atoms with Crippen molar-refractivity contribution in [2.24, 2.45) is 0 Å². The monoisotopic (exact) mass is 498 g/mol. The summed E-state index contributed by atoms with van der Waals surface area (Å²) in [6, 6.07) is 5.74. The van der Waals surface area contributed by atoms with E-state index in [1.807, 2.05) is 18.2 Å². The summed E-state index contributed by atoms with van der Waals surface area (Å²) >= 11 is 1.77. The minimum Gasteiger partial charge on any atom is -0.492 e. The molecule has 0 atom stereocenters. The van der Waals surface area contributed by atoms with Crippen molar-refractivity contribution in [1.29, 1.82) is 0 Å². The van der Waals surface area contributed by atoms with Gasteiger partial charge in [0, 0.05) is 62.4 Å². The Morgan fingerprint density at radius 3 is 2.80 bits per heavy atom. The van der Waals surface area contributed by atoms with Gasteiger partial charge >= 0.3 is 5.97 Å². The molecule has 2 aromatic rings. The van der Waals surface area contributed by atoms with Crippen LogP contribution in [0.2, 0.25) is 0 Å². The molecule has 2 saturated heterocycles. The van der Waals surface area contributed by atoms with E-state index >= 15 is 0 Å². The SMILES string of the molecule is O=C1OC2(CCN(c3nc4c(c(=O)[nH]3)CSCC4)CC2)c2ccc(OCCN3CCOCC3)cc21. The summed E-state index contributed by atoms with van der Waals surface area (Å²) in [6.07, 6.45) is 2.13. The fraction of sp³-hybridized carbons (Fsp3) is 0.560. The maximum Gasteiger partial charge on any atom is 0.339 e. The van der Waals surface area contributed by atoms with Gasteiger partial charge < -0.3 is 19.1 Å². The molecule has 0 aliphatic carbocycles. The van der Waals surface area contributed by atoms with E-state index < -0.39 is 5.60 Å². The number of hydrogen-bond donors (Lipinski definition) is 1. The van der Waals surface area contributed by atoms with E-state index in [0.29, 0.717) is 49.8 Å². The standard InChI is InChI=1S/C25H30N4O5S/c30-22-19-16-35-14-3-21(19)26-24(27-22)29-6-4-25(5-7-29)20-2-1-17(15-18(20)23(31)34-25)33-13-10-28-8-11-32-12-9-28/h1-2,15H,3-14,16H2,(H,26,27,30). The van der Waals surface area contributed by atoms with E-state index in [0.717, 1.165) is 67.6 Å². The summed E-state index contributed by atoms with van der Waals surface area (Å²) in [5.41, 5.74) is 2.60. The Labute approximate surface area is 208 Å². The average molecular weight is 499 g/mol. The number of esters is 1. The lowest BCUT2D eigenvalue weighted by atomic mass is 9.84. The molecule has 4 aliphatic heterocycles. The first kappa shape index (κ1) is 22.9. The van der Waals surface area contributed by atoms with Gasteiger partial charge in [-0.2, -0.15) is 11.8 Å². The Hall–Kier alpha value is -2.56. The van der Waals surface area contributed by atoms with Crippen LogP contribution in [0.4, 0.5) is 5.95 Å². The molecule has 9 nitrogen and oxygen atoms in total. The second-order valence-electron chi connectivity index (χ2n) is 9.50. The number of carbonyl (C=O) groups excluding carboxylic acids is 1. The van der Waals surface area contributed by atoms with Crippen molar-refractivity contribution < 1.29 is 19.0 Å². The number of piperidine rings is 1. The summed E-state index contributed by atoms with van der Waals surface area (Å²) < 4.78 is 17.3. The van der Waals surface area contributed by atoms with E-state index in [2.05, 4.69) is 14.8 Å². The molecular weight excluding hydrogens is 468 g/mol. The first-order chi connectivity index (χ1) is 17.1. The van der Waals surface area contributed by atoms with Gasteiger partial charge in [-0.3, -0.25) is 14.7 Å². The lowest BCUT2D eigenvalue weighted by Crippen LogP contribution is -2.44. The Kier molecular flexibility index (Phi) is 6.19. The van der Waals surface area contributed by atoms with E-state index in [1.54, 1.807) is 11.8 Å². The number of anilines is 1. The summed E-state index contributed by atoms with van der Waals surface area (Å²) in [7, 11) is 0. The van der Waals surface area contributed by atoms with Gasteiger partial charge in [-0.15, -0.1) is 0 Å². The number of nitrogens with zero attached hydrogens (tertiary/aromatic N) is 3. The van der Waals surface area contributed by atoms with Crippen LogP contribution in [0.5, 0.6) is 5.75 Å². The number of benzene rings is 1. The van der Waals surface area contributed by atoms with Crippen LogP contribution in [0.15, 0.2) is 23.0 Å². The molecule has 0 unspecified atom stereocenters. The predicted molar refractivity (Wildman–Crippen MR) is 132 cm³/mol. The number of morpholine rings is 1. The van der Waals surface area contributed by atoms with E-state index in [1.165, 1.54) is 0 Å². The number of thioether (sulfide) groups is 1. The summed E-state index contributed by atoms with van der Waals surface area (Å²) in [5.74, 6) is 2.76. The minimum atomic E-state index is -0.625. The largest absolute Gasteiger partial charge is 0.492 e. The number of aromatic nitrogens is 2. The zero-order valence-corrected chi connectivity index (χ0v) is 20.5. The van der Waals surface area contributed by atoms with Gasteiger partial charge in [0.15, 0.2) is 0 Å². The Morgan fingerprint density at radius 1 is 1.14 bits per heavy atom. The van der Waals surface area contributed by atoms with Crippen LogP contribution in [0, 0.1) is 0 Å². The molecule has 6 rings (SSSR count). The molecule has 0 amide bonds. The normalized spacial score (nSPS) is 21.5. The fourth-order valence-corrected chi connectivity index (χ4v) is 6.40. The van der Waals surface area contributed by atoms with Crippen molar-refractivity contribution in [3.05, 3.63) is 50.9 Å². The number of hydrogen-bond acceptors (Lipinski definition) is 9. The van der Waals surface area contributed by atoms with Crippen LogP contribution >= 0.6 is 11.8 Å². The van der Waals surface area contributed by atoms with E-state index in [4.69, 9.17) is 19.2 Å². The van der Waals surface area contributed by atoms with Crippen LogP contribution in [0.1, 0.15) is 40.0 Å². The van der Waals surface area contributed by atoms with Crippen molar-refractivity contribution in [3.8, 4) is 5.75 Å². The average Bonchev–Trinajstić information content (AvgIpc) is 3.15. The predicted octanol–water partition coefficient (Wildman–Crippen LogP) is 1.94. The van der Waals surface area contributed by atoms with Crippen LogP contribution < -0.4 is 15.2 Å². The number of nitrogens with one attached hydrogen (secondary N) is 1. The molecule has 186 valence electrons. The fourth-order valence-electron chi connectivity index (χ4n) is 5.42. The number of ether oxygens (including phenoxy) is 3. The zero-order chi connectivity index (χ0) is 23.8. The molecule has 2 fully saturated rings. The summed E-state index contributed by atoms with van der Waals surface area (Å²) in [4.78, 5) is 37.5. The molecule has 1 N–H and O–H groups in total. The number of aromatic amines is 1. The third-order valence-corrected chi connectivity index (χ3v) is 8.44. The van der Waals surface area contributed by atoms with Gasteiger partial charge in [-0.05, 0) is 24.3 Å². The van der Waals surface area contributed by atoms with Gasteiger partial charge in [-0.25, -0.2) is 9.78 Å². The summed E-state index contributed by atoms with van der Waals surface area (Å²) in [5, 5.41) is 0. The number of H-pyrrole nitrogens is 1. The van der Waals surface area contributed by atoms with Gasteiger partial charge in [0.1, 0.15) is 18.0 Å². The zero-order valence-electron chi connectivity index (χ0n) is 19.7. The lowest BCUT2D eigenvalue weighted by molar-refractivity contribution is -0.0211. The van der Waals surface area contributed by atoms with Crippen molar-refractivity contribution in [1.82, 2.24) is 14.9 Å². The van der Waals surface area contributed by atoms with Crippen molar-refractivity contribution >= 4 is 23.7 Å². The minimum absolute atomic E-state index is 0.0312. The molecular formula is C25H30N4O5S. The van der Waals surface area contributed by atoms with Crippen molar-refractivity contribution in [2.45, 2.75) is 30.6 Å². The highest BCUT2D eigenvalue weighted by Gasteiger charge is 2.47. The van der Waals surface area contributed by atoms with E-state index in [-0.39, 0.29) is 11.5 Å². The Bertz CT molecular complexity index is 1170. The molecule has 10 heteroatoms. The maximum absolute atomic E-state index is 12.8. The highest BCUT2D eigenvalue weighted by atomic mass is 32.2. The van der Waals surface area contributed by atoms with E-state index in [9.17, 15) is 9.59 Å². The van der Waals surface area contributed by atoms with Gasteiger partial charge in [0.05, 0.1) is 24.5 Å². The number of fused-ring (bicyclic) bond motifs is 3. The molecule has 5 heterocycles. The first-order valence-corrected chi connectivity index (χ1v) is 13.5. The molecule has 1 aromatic carbocycles. The third-order valence-electron chi connectivity index (χ3n) is 7.46. The van der Waals surface area contributed by atoms with Crippen molar-refractivity contribution in [3.63, 3.8) is 0 Å². The van der Waals surface area contributed by atoms with Crippen LogP contribution in [-0.2, 0) is 27.2 Å². The Morgan fingerprint density at radius 2 is 1.97 bits per heavy atom. The first-order valence-electron chi connectivity index (χ1n) is 12.4. The van der Waals surface area contributed by atoms with Crippen LogP contribution in [-0.4, -0.2) is 79.1 Å². The van der Waals surface area contributed by atoms with Gasteiger partial charge in [0.25, 0.3) is 5.56 Å². The number of carbonyl (C=O) groups is 1. The number of rotatable bonds is 5. The smallest absolute Gasteiger partial charge is 0.339 e. The molecule has 4 aliphatic rings. The van der Waals surface area contributed by atoms with Crippen molar-refractivity contribution in [2.75, 3.05) is 63.2 Å². The highest BCUT2D eigenvalue weighted by molar-refractivity contribution is 7.98. The quantitative estimate of drug-likeness (QED) is 0.620. The second-order valence-corrected chi connectivity index (χ2v) is 10.6. The molecule has 0 saturated carbocycles. The van der Waals surface area contributed by atoms with Gasteiger partial charge in [0.2, 0.25) is 5.95 Å². The molecule has 0 bridgehead atoms. The molecule has 1 aromatic heterocycles. The lowest BCUT2D eigenvalue weighted by Gasteiger charge is -2.39. The Balaban J connectivity index is 1.12. The third kappa shape index (κ3) is 4.43. The molecule has 35 heavy (non-hydrogen) atoms.